The van der Waals surface area contributed by atoms with Crippen molar-refractivity contribution in [1.82, 2.24) is 0 Å². The van der Waals surface area contributed by atoms with Gasteiger partial charge in [-0.15, -0.1) is 0 Å². The van der Waals surface area contributed by atoms with Gasteiger partial charge in [0.2, 0.25) is 0 Å². The number of benzene rings is 2. The van der Waals surface area contributed by atoms with Gasteiger partial charge in [-0.1, -0.05) is 34.4 Å². The number of nitrogens with zero attached hydrogens (tertiary/aromatic N) is 1. The van der Waals surface area contributed by atoms with E-state index in [2.05, 4.69) is 5.16 Å². The fourth-order valence-electron chi connectivity index (χ4n) is 3.11. The molecular weight excluding hydrogens is 397 g/mol. The fourth-order valence-corrected chi connectivity index (χ4v) is 3.64. The highest BCUT2D eigenvalue weighted by Crippen LogP contribution is 2.38. The monoisotopic (exact) mass is 419 g/mol. The molecule has 3 rings (SSSR count). The van der Waals surface area contributed by atoms with Gasteiger partial charge in [0.15, 0.2) is 5.60 Å². The summed E-state index contributed by atoms with van der Waals surface area (Å²) in [5.41, 5.74) is 2.76. The number of carbonyl (C=O) groups excluding carboxylic acids is 1. The number of aryl methyl sites for hydroxylation is 1. The summed E-state index contributed by atoms with van der Waals surface area (Å²) in [6.45, 7) is 9.38. The Hall–Kier alpha value is -2.04. The molecule has 0 saturated heterocycles. The van der Waals surface area contributed by atoms with Crippen LogP contribution in [0.15, 0.2) is 41.6 Å². The molecule has 0 amide bonds. The molecule has 1 aliphatic heterocycles. The Bertz CT molecular complexity index is 942. The highest BCUT2D eigenvalue weighted by Gasteiger charge is 2.37. The molecule has 148 valence electrons. The molecule has 1 heterocycles. The van der Waals surface area contributed by atoms with Gasteiger partial charge in [-0.2, -0.15) is 0 Å². The van der Waals surface area contributed by atoms with Crippen LogP contribution in [0.25, 0.3) is 0 Å². The molecule has 4 nitrogen and oxygen atoms in total. The standard InChI is InChI=1S/C22H23Cl2NO3/c1-13-8-14(6-7-18(13)20(26)27-21(2,3)4)19-12-22(5,28-25-19)15-9-16(23)11-17(24)10-15/h6-11H,12H2,1-5H3. The Kier molecular flexibility index (Phi) is 5.48. The molecule has 1 atom stereocenters. The Morgan fingerprint density at radius 3 is 2.36 bits per heavy atom. The molecule has 0 bridgehead atoms. The average molecular weight is 420 g/mol. The molecule has 0 aromatic heterocycles. The largest absolute Gasteiger partial charge is 0.456 e. The topological polar surface area (TPSA) is 47.9 Å². The number of rotatable bonds is 3. The third-order valence-corrected chi connectivity index (χ3v) is 4.95. The van der Waals surface area contributed by atoms with Crippen LogP contribution in [0.2, 0.25) is 10.0 Å². The molecule has 2 aromatic carbocycles. The summed E-state index contributed by atoms with van der Waals surface area (Å²) in [6.07, 6.45) is 0.564. The summed E-state index contributed by atoms with van der Waals surface area (Å²) < 4.78 is 5.46. The number of hydrogen-bond acceptors (Lipinski definition) is 4. The lowest BCUT2D eigenvalue weighted by Gasteiger charge is -2.22. The number of oxime groups is 1. The Morgan fingerprint density at radius 1 is 1.14 bits per heavy atom. The van der Waals surface area contributed by atoms with E-state index in [0.29, 0.717) is 22.0 Å². The van der Waals surface area contributed by atoms with Crippen LogP contribution in [0.3, 0.4) is 0 Å². The van der Waals surface area contributed by atoms with E-state index in [9.17, 15) is 4.79 Å². The van der Waals surface area contributed by atoms with E-state index in [0.717, 1.165) is 22.4 Å². The maximum absolute atomic E-state index is 12.4. The zero-order valence-corrected chi connectivity index (χ0v) is 18.1. The quantitative estimate of drug-likeness (QED) is 0.548. The van der Waals surface area contributed by atoms with Gasteiger partial charge in [-0.25, -0.2) is 4.79 Å². The first-order valence-corrected chi connectivity index (χ1v) is 9.78. The van der Waals surface area contributed by atoms with Gasteiger partial charge < -0.3 is 9.57 Å². The number of carbonyl (C=O) groups is 1. The van der Waals surface area contributed by atoms with E-state index >= 15 is 0 Å². The van der Waals surface area contributed by atoms with Crippen LogP contribution in [0.5, 0.6) is 0 Å². The van der Waals surface area contributed by atoms with Crippen LogP contribution >= 0.6 is 23.2 Å². The second kappa shape index (κ2) is 7.41. The molecule has 0 spiro atoms. The van der Waals surface area contributed by atoms with Crippen molar-refractivity contribution in [1.29, 1.82) is 0 Å². The van der Waals surface area contributed by atoms with Crippen molar-refractivity contribution in [3.63, 3.8) is 0 Å². The Morgan fingerprint density at radius 2 is 1.79 bits per heavy atom. The molecule has 0 saturated carbocycles. The van der Waals surface area contributed by atoms with Crippen molar-refractivity contribution >= 4 is 34.9 Å². The first kappa shape index (κ1) is 20.7. The number of halogens is 2. The lowest BCUT2D eigenvalue weighted by atomic mass is 9.88. The van der Waals surface area contributed by atoms with Crippen LogP contribution in [0.1, 0.15) is 61.2 Å². The molecule has 28 heavy (non-hydrogen) atoms. The summed E-state index contributed by atoms with van der Waals surface area (Å²) in [7, 11) is 0. The molecule has 1 aliphatic rings. The smallest absolute Gasteiger partial charge is 0.338 e. The lowest BCUT2D eigenvalue weighted by Crippen LogP contribution is -2.24. The first-order valence-electron chi connectivity index (χ1n) is 9.03. The van der Waals surface area contributed by atoms with Crippen molar-refractivity contribution in [2.24, 2.45) is 5.16 Å². The maximum Gasteiger partial charge on any atom is 0.338 e. The van der Waals surface area contributed by atoms with E-state index < -0.39 is 11.2 Å². The summed E-state index contributed by atoms with van der Waals surface area (Å²) in [5.74, 6) is -0.334. The van der Waals surface area contributed by atoms with Crippen molar-refractivity contribution in [3.8, 4) is 0 Å². The molecule has 1 unspecified atom stereocenters. The van der Waals surface area contributed by atoms with Crippen molar-refractivity contribution in [2.45, 2.75) is 52.2 Å². The van der Waals surface area contributed by atoms with Gasteiger partial charge in [0, 0.05) is 22.0 Å². The minimum atomic E-state index is -0.651. The van der Waals surface area contributed by atoms with Crippen LogP contribution < -0.4 is 0 Å². The number of hydrogen-bond donors (Lipinski definition) is 0. The Balaban J connectivity index is 1.82. The zero-order valence-electron chi connectivity index (χ0n) is 16.6. The third kappa shape index (κ3) is 4.50. The van der Waals surface area contributed by atoms with E-state index in [1.807, 2.05) is 58.9 Å². The zero-order chi connectivity index (χ0) is 20.7. The van der Waals surface area contributed by atoms with Crippen LogP contribution in [-0.4, -0.2) is 17.3 Å². The third-order valence-electron chi connectivity index (χ3n) is 4.51. The van der Waals surface area contributed by atoms with Crippen LogP contribution in [-0.2, 0) is 15.2 Å². The molecule has 0 radical (unpaired) electrons. The summed E-state index contributed by atoms with van der Waals surface area (Å²) in [5, 5.41) is 5.39. The van der Waals surface area contributed by atoms with E-state index in [1.165, 1.54) is 0 Å². The normalized spacial score (nSPS) is 19.2. The highest BCUT2D eigenvalue weighted by atomic mass is 35.5. The number of esters is 1. The SMILES string of the molecule is Cc1cc(C2=NOC(C)(c3cc(Cl)cc(Cl)c3)C2)ccc1C(=O)OC(C)(C)C. The van der Waals surface area contributed by atoms with Crippen molar-refractivity contribution in [3.05, 3.63) is 68.7 Å². The van der Waals surface area contributed by atoms with Crippen molar-refractivity contribution < 1.29 is 14.4 Å². The second-order valence-electron chi connectivity index (χ2n) is 8.23. The van der Waals surface area contributed by atoms with Gasteiger partial charge >= 0.3 is 5.97 Å². The Labute approximate surface area is 175 Å². The number of ether oxygens (including phenoxy) is 1. The van der Waals surface area contributed by atoms with E-state index in [4.69, 9.17) is 32.8 Å². The van der Waals surface area contributed by atoms with Gasteiger partial charge in [-0.3, -0.25) is 0 Å². The minimum absolute atomic E-state index is 0.334. The van der Waals surface area contributed by atoms with Gasteiger partial charge in [0.1, 0.15) is 5.60 Å². The minimum Gasteiger partial charge on any atom is -0.456 e. The lowest BCUT2D eigenvalue weighted by molar-refractivity contribution is -0.00739. The molecule has 0 aliphatic carbocycles. The van der Waals surface area contributed by atoms with E-state index in [1.54, 1.807) is 12.1 Å². The van der Waals surface area contributed by atoms with Crippen LogP contribution in [0, 0.1) is 6.92 Å². The van der Waals surface area contributed by atoms with Gasteiger partial charge in [-0.05, 0) is 76.1 Å². The summed E-state index contributed by atoms with van der Waals surface area (Å²) in [4.78, 5) is 18.1. The van der Waals surface area contributed by atoms with Crippen LogP contribution in [0.4, 0.5) is 0 Å². The summed E-state index contributed by atoms with van der Waals surface area (Å²) >= 11 is 12.3. The second-order valence-corrected chi connectivity index (χ2v) is 9.10. The molecular formula is C22H23Cl2NO3. The van der Waals surface area contributed by atoms with Gasteiger partial charge in [0.25, 0.3) is 0 Å². The first-order chi connectivity index (χ1) is 13.0. The highest BCUT2D eigenvalue weighted by molar-refractivity contribution is 6.34. The molecule has 0 fully saturated rings. The molecule has 0 N–H and O–H groups in total. The van der Waals surface area contributed by atoms with Gasteiger partial charge in [0.05, 0.1) is 11.3 Å². The predicted molar refractivity (Wildman–Crippen MR) is 112 cm³/mol. The fraction of sp³-hybridized carbons (Fsp3) is 0.364. The average Bonchev–Trinajstić information content (AvgIpc) is 2.96. The predicted octanol–water partition coefficient (Wildman–Crippen LogP) is 6.30. The molecule has 6 heteroatoms. The van der Waals surface area contributed by atoms with Crippen molar-refractivity contribution in [2.75, 3.05) is 0 Å². The molecule has 2 aromatic rings. The summed E-state index contributed by atoms with van der Waals surface area (Å²) in [6, 6.07) is 10.9. The van der Waals surface area contributed by atoms with E-state index in [-0.39, 0.29) is 5.97 Å². The maximum atomic E-state index is 12.4.